The highest BCUT2D eigenvalue weighted by molar-refractivity contribution is 4.88. The Bertz CT molecular complexity index is 243. The highest BCUT2D eigenvalue weighted by atomic mass is 14.9. The largest absolute Gasteiger partial charge is 0.316 e. The van der Waals surface area contributed by atoms with Gasteiger partial charge in [-0.3, -0.25) is 0 Å². The van der Waals surface area contributed by atoms with Crippen molar-refractivity contribution in [2.75, 3.05) is 13.1 Å². The molecule has 1 fully saturated rings. The molecule has 20 heavy (non-hydrogen) atoms. The summed E-state index contributed by atoms with van der Waals surface area (Å²) in [6.07, 6.45) is 13.0. The molecule has 0 heterocycles. The van der Waals surface area contributed by atoms with Crippen LogP contribution >= 0.6 is 0 Å². The van der Waals surface area contributed by atoms with Crippen LogP contribution in [0, 0.1) is 16.7 Å². The molecule has 0 bridgehead atoms. The van der Waals surface area contributed by atoms with Crippen molar-refractivity contribution in [1.82, 2.24) is 5.32 Å². The third-order valence-corrected chi connectivity index (χ3v) is 5.29. The van der Waals surface area contributed by atoms with Gasteiger partial charge in [0.25, 0.3) is 0 Å². The van der Waals surface area contributed by atoms with E-state index in [9.17, 15) is 0 Å². The Labute approximate surface area is 128 Å². The highest BCUT2D eigenvalue weighted by Crippen LogP contribution is 2.45. The molecule has 1 nitrogen and oxygen atoms in total. The zero-order chi connectivity index (χ0) is 15.1. The van der Waals surface area contributed by atoms with Crippen molar-refractivity contribution in [3.8, 4) is 0 Å². The third kappa shape index (κ3) is 6.61. The van der Waals surface area contributed by atoms with Crippen molar-refractivity contribution >= 4 is 0 Å². The molecule has 1 rings (SSSR count). The first-order chi connectivity index (χ1) is 9.41. The molecule has 1 saturated carbocycles. The van der Waals surface area contributed by atoms with Crippen LogP contribution in [0.15, 0.2) is 0 Å². The molecule has 0 amide bonds. The molecule has 120 valence electrons. The molecule has 0 spiro atoms. The van der Waals surface area contributed by atoms with Crippen LogP contribution in [0.2, 0.25) is 0 Å². The second kappa shape index (κ2) is 8.41. The molecule has 0 unspecified atom stereocenters. The van der Waals surface area contributed by atoms with E-state index in [1.807, 2.05) is 0 Å². The summed E-state index contributed by atoms with van der Waals surface area (Å²) >= 11 is 0. The zero-order valence-corrected chi connectivity index (χ0v) is 14.9. The van der Waals surface area contributed by atoms with E-state index in [4.69, 9.17) is 0 Å². The molecule has 0 aliphatic heterocycles. The van der Waals surface area contributed by atoms with Crippen LogP contribution in [0.1, 0.15) is 92.4 Å². The van der Waals surface area contributed by atoms with Gasteiger partial charge >= 0.3 is 0 Å². The first kappa shape index (κ1) is 18.0. The van der Waals surface area contributed by atoms with Crippen LogP contribution in [-0.4, -0.2) is 13.1 Å². The number of unbranched alkanes of at least 4 members (excludes halogenated alkanes) is 1. The van der Waals surface area contributed by atoms with E-state index in [1.54, 1.807) is 0 Å². The summed E-state index contributed by atoms with van der Waals surface area (Å²) in [5, 5.41) is 3.65. The second-order valence-corrected chi connectivity index (χ2v) is 8.43. The van der Waals surface area contributed by atoms with Gasteiger partial charge in [-0.25, -0.2) is 0 Å². The minimum absolute atomic E-state index is 0.484. The standard InChI is InChI=1S/C19H39N/c1-6-8-9-17-10-12-19(13-11-17,16-20-7-2)15-14-18(3,4)5/h17,20H,6-16H2,1-5H3. The number of rotatable bonds is 8. The lowest BCUT2D eigenvalue weighted by atomic mass is 9.65. The highest BCUT2D eigenvalue weighted by Gasteiger charge is 2.35. The van der Waals surface area contributed by atoms with Gasteiger partial charge in [-0.05, 0) is 61.8 Å². The summed E-state index contributed by atoms with van der Waals surface area (Å²) < 4.78 is 0. The predicted molar refractivity (Wildman–Crippen MR) is 91.1 cm³/mol. The molecule has 0 aromatic heterocycles. The quantitative estimate of drug-likeness (QED) is 0.594. The van der Waals surface area contributed by atoms with Gasteiger partial charge in [-0.15, -0.1) is 0 Å². The molecule has 0 aromatic carbocycles. The van der Waals surface area contributed by atoms with E-state index in [2.05, 4.69) is 39.9 Å². The average Bonchev–Trinajstić information content (AvgIpc) is 2.42. The lowest BCUT2D eigenvalue weighted by molar-refractivity contribution is 0.111. The molecule has 1 N–H and O–H groups in total. The molecule has 0 saturated heterocycles. The average molecular weight is 282 g/mol. The second-order valence-electron chi connectivity index (χ2n) is 8.43. The Balaban J connectivity index is 2.49. The minimum atomic E-state index is 0.484. The summed E-state index contributed by atoms with van der Waals surface area (Å²) in [6, 6.07) is 0. The molecular weight excluding hydrogens is 242 g/mol. The van der Waals surface area contributed by atoms with Gasteiger partial charge in [0.2, 0.25) is 0 Å². The topological polar surface area (TPSA) is 12.0 Å². The van der Waals surface area contributed by atoms with E-state index in [1.165, 1.54) is 64.3 Å². The van der Waals surface area contributed by atoms with Gasteiger partial charge in [0, 0.05) is 6.54 Å². The summed E-state index contributed by atoms with van der Waals surface area (Å²) in [4.78, 5) is 0. The van der Waals surface area contributed by atoms with Crippen LogP contribution < -0.4 is 5.32 Å². The Morgan fingerprint density at radius 1 is 1.10 bits per heavy atom. The van der Waals surface area contributed by atoms with Crippen molar-refractivity contribution in [3.63, 3.8) is 0 Å². The number of hydrogen-bond acceptors (Lipinski definition) is 1. The fraction of sp³-hybridized carbons (Fsp3) is 1.00. The van der Waals surface area contributed by atoms with Gasteiger partial charge in [0.15, 0.2) is 0 Å². The third-order valence-electron chi connectivity index (χ3n) is 5.29. The van der Waals surface area contributed by atoms with Crippen LogP contribution in [-0.2, 0) is 0 Å². The van der Waals surface area contributed by atoms with Crippen LogP contribution in [0.5, 0.6) is 0 Å². The lowest BCUT2D eigenvalue weighted by Gasteiger charge is -2.42. The number of nitrogens with one attached hydrogen (secondary N) is 1. The predicted octanol–water partition coefficient (Wildman–Crippen LogP) is 5.79. The SMILES string of the molecule is CCCCC1CCC(CCC(C)(C)C)(CNCC)CC1. The normalized spacial score (nSPS) is 27.8. The maximum Gasteiger partial charge on any atom is 0.000770 e. The Hall–Kier alpha value is -0.0400. The molecule has 1 aliphatic rings. The van der Waals surface area contributed by atoms with E-state index in [0.29, 0.717) is 10.8 Å². The summed E-state index contributed by atoms with van der Waals surface area (Å²) in [5.41, 5.74) is 1.09. The minimum Gasteiger partial charge on any atom is -0.316 e. The van der Waals surface area contributed by atoms with Crippen LogP contribution in [0.3, 0.4) is 0 Å². The first-order valence-corrected chi connectivity index (χ1v) is 9.11. The van der Waals surface area contributed by atoms with Crippen LogP contribution in [0.25, 0.3) is 0 Å². The van der Waals surface area contributed by atoms with E-state index in [-0.39, 0.29) is 0 Å². The maximum absolute atomic E-state index is 3.65. The van der Waals surface area contributed by atoms with Crippen molar-refractivity contribution in [2.45, 2.75) is 92.4 Å². The van der Waals surface area contributed by atoms with Gasteiger partial charge in [-0.2, -0.15) is 0 Å². The lowest BCUT2D eigenvalue weighted by Crippen LogP contribution is -2.38. The summed E-state index contributed by atoms with van der Waals surface area (Å²) in [7, 11) is 0. The molecular formula is C19H39N. The van der Waals surface area contributed by atoms with Crippen LogP contribution in [0.4, 0.5) is 0 Å². The monoisotopic (exact) mass is 281 g/mol. The molecule has 0 radical (unpaired) electrons. The van der Waals surface area contributed by atoms with Crippen molar-refractivity contribution in [2.24, 2.45) is 16.7 Å². The van der Waals surface area contributed by atoms with Gasteiger partial charge in [0.05, 0.1) is 0 Å². The Morgan fingerprint density at radius 2 is 1.75 bits per heavy atom. The van der Waals surface area contributed by atoms with Crippen molar-refractivity contribution < 1.29 is 0 Å². The summed E-state index contributed by atoms with van der Waals surface area (Å²) in [6.45, 7) is 14.1. The number of hydrogen-bond donors (Lipinski definition) is 1. The van der Waals surface area contributed by atoms with Crippen molar-refractivity contribution in [1.29, 1.82) is 0 Å². The first-order valence-electron chi connectivity index (χ1n) is 9.11. The van der Waals surface area contributed by atoms with E-state index in [0.717, 1.165) is 12.5 Å². The molecule has 0 atom stereocenters. The fourth-order valence-corrected chi connectivity index (χ4v) is 3.62. The Morgan fingerprint density at radius 3 is 2.25 bits per heavy atom. The van der Waals surface area contributed by atoms with Gasteiger partial charge in [0.1, 0.15) is 0 Å². The maximum atomic E-state index is 3.65. The fourth-order valence-electron chi connectivity index (χ4n) is 3.62. The van der Waals surface area contributed by atoms with Gasteiger partial charge < -0.3 is 5.32 Å². The van der Waals surface area contributed by atoms with Crippen molar-refractivity contribution in [3.05, 3.63) is 0 Å². The van der Waals surface area contributed by atoms with E-state index >= 15 is 0 Å². The molecule has 1 heteroatoms. The smallest absolute Gasteiger partial charge is 0.000770 e. The zero-order valence-electron chi connectivity index (χ0n) is 14.9. The van der Waals surface area contributed by atoms with Gasteiger partial charge in [-0.1, -0.05) is 53.9 Å². The Kier molecular flexibility index (Phi) is 7.58. The van der Waals surface area contributed by atoms with E-state index < -0.39 is 0 Å². The summed E-state index contributed by atoms with van der Waals surface area (Å²) in [5.74, 6) is 1.03. The molecule has 1 aliphatic carbocycles. The molecule has 0 aromatic rings.